The van der Waals surface area contributed by atoms with Gasteiger partial charge in [0, 0.05) is 22.7 Å². The van der Waals surface area contributed by atoms with Crippen molar-refractivity contribution in [3.05, 3.63) is 144 Å². The average Bonchev–Trinajstić information content (AvgIpc) is 3.31. The summed E-state index contributed by atoms with van der Waals surface area (Å²) < 4.78 is 0. The van der Waals surface area contributed by atoms with Crippen LogP contribution in [0.25, 0.3) is 10.9 Å². The Hall–Kier alpha value is -3.95. The molecule has 0 amide bonds. The molecular weight excluding hydrogens is 392 g/mol. The molecule has 1 heterocycles. The zero-order valence-electron chi connectivity index (χ0n) is 17.7. The van der Waals surface area contributed by atoms with Crippen LogP contribution in [0.4, 0.5) is 0 Å². The van der Waals surface area contributed by atoms with Crippen LogP contribution in [0.2, 0.25) is 0 Å². The number of fused-ring (bicyclic) bond motifs is 1. The van der Waals surface area contributed by atoms with Crippen molar-refractivity contribution >= 4 is 16.7 Å². The quantitative estimate of drug-likeness (QED) is 0.255. The minimum absolute atomic E-state index is 0.0506. The van der Waals surface area contributed by atoms with Gasteiger partial charge in [-0.2, -0.15) is 0 Å². The first kappa shape index (κ1) is 20.0. The minimum atomic E-state index is -0.661. The van der Waals surface area contributed by atoms with Crippen LogP contribution in [0.5, 0.6) is 0 Å². The number of carbonyl (C=O) groups excluding carboxylic acids is 1. The van der Waals surface area contributed by atoms with E-state index in [0.717, 1.165) is 27.6 Å². The van der Waals surface area contributed by atoms with Crippen LogP contribution in [0.15, 0.2) is 121 Å². The standard InChI is InChI=1S/C29H24N2O/c32-28(26-20-30-27-19-11-10-18-25(26)27)21-31-29(22-12-4-1-5-13-22,23-14-6-2-7-15-23)24-16-8-3-9-17-24/h1-20,30-31H,21H2. The molecule has 0 atom stereocenters. The summed E-state index contributed by atoms with van der Waals surface area (Å²) in [5.74, 6) is 0.0506. The number of hydrogen-bond donors (Lipinski definition) is 2. The molecule has 5 rings (SSSR count). The summed E-state index contributed by atoms with van der Waals surface area (Å²) in [5.41, 5.74) is 4.27. The van der Waals surface area contributed by atoms with E-state index in [0.29, 0.717) is 5.56 Å². The highest BCUT2D eigenvalue weighted by atomic mass is 16.1. The molecule has 5 aromatic rings. The first-order valence-corrected chi connectivity index (χ1v) is 10.8. The van der Waals surface area contributed by atoms with Gasteiger partial charge in [-0.15, -0.1) is 0 Å². The van der Waals surface area contributed by atoms with Gasteiger partial charge in [-0.25, -0.2) is 0 Å². The van der Waals surface area contributed by atoms with E-state index in [4.69, 9.17) is 0 Å². The lowest BCUT2D eigenvalue weighted by Gasteiger charge is -2.37. The Labute approximate surface area is 187 Å². The Balaban J connectivity index is 1.61. The number of rotatable bonds is 7. The maximum Gasteiger partial charge on any atom is 0.178 e. The molecule has 0 aliphatic rings. The second kappa shape index (κ2) is 8.66. The summed E-state index contributed by atoms with van der Waals surface area (Å²) in [5, 5.41) is 4.62. The highest BCUT2D eigenvalue weighted by Crippen LogP contribution is 2.36. The van der Waals surface area contributed by atoms with Gasteiger partial charge in [0.25, 0.3) is 0 Å². The van der Waals surface area contributed by atoms with Crippen LogP contribution < -0.4 is 5.32 Å². The van der Waals surface area contributed by atoms with Crippen LogP contribution in [0.1, 0.15) is 27.0 Å². The number of aromatic amines is 1. The molecule has 3 heteroatoms. The number of aromatic nitrogens is 1. The molecule has 0 spiro atoms. The van der Waals surface area contributed by atoms with Gasteiger partial charge in [0.15, 0.2) is 5.78 Å². The molecule has 0 unspecified atom stereocenters. The second-order valence-corrected chi connectivity index (χ2v) is 7.87. The molecular formula is C29H24N2O. The average molecular weight is 417 g/mol. The van der Waals surface area contributed by atoms with Crippen molar-refractivity contribution in [2.45, 2.75) is 5.54 Å². The van der Waals surface area contributed by atoms with Crippen LogP contribution in [0.3, 0.4) is 0 Å². The first-order chi connectivity index (χ1) is 15.8. The van der Waals surface area contributed by atoms with Crippen molar-refractivity contribution in [1.82, 2.24) is 10.3 Å². The van der Waals surface area contributed by atoms with Gasteiger partial charge in [0.1, 0.15) is 0 Å². The van der Waals surface area contributed by atoms with E-state index in [1.54, 1.807) is 0 Å². The van der Waals surface area contributed by atoms with Gasteiger partial charge in [-0.3, -0.25) is 10.1 Å². The number of Topliss-reactive ketones (excluding diaryl/α,β-unsaturated/α-hetero) is 1. The highest BCUT2D eigenvalue weighted by Gasteiger charge is 2.36. The Bertz CT molecular complexity index is 1230. The van der Waals surface area contributed by atoms with Crippen LogP contribution in [-0.2, 0) is 5.54 Å². The lowest BCUT2D eigenvalue weighted by atomic mass is 9.77. The number of ketones is 1. The van der Waals surface area contributed by atoms with Gasteiger partial charge >= 0.3 is 0 Å². The summed E-state index contributed by atoms with van der Waals surface area (Å²) in [6, 6.07) is 38.9. The number of para-hydroxylation sites is 1. The molecule has 4 aromatic carbocycles. The van der Waals surface area contributed by atoms with Crippen molar-refractivity contribution in [2.75, 3.05) is 6.54 Å². The van der Waals surface area contributed by atoms with Crippen molar-refractivity contribution in [1.29, 1.82) is 0 Å². The zero-order chi connectivity index (χ0) is 21.8. The van der Waals surface area contributed by atoms with Crippen molar-refractivity contribution in [3.8, 4) is 0 Å². The fraction of sp³-hybridized carbons (Fsp3) is 0.0690. The van der Waals surface area contributed by atoms with E-state index >= 15 is 0 Å². The fourth-order valence-corrected chi connectivity index (χ4v) is 4.48. The number of carbonyl (C=O) groups is 1. The summed E-state index contributed by atoms with van der Waals surface area (Å²) in [7, 11) is 0. The maximum absolute atomic E-state index is 13.4. The predicted molar refractivity (Wildman–Crippen MR) is 130 cm³/mol. The van der Waals surface area contributed by atoms with Crippen molar-refractivity contribution in [3.63, 3.8) is 0 Å². The Morgan fingerprint density at radius 3 is 1.66 bits per heavy atom. The Morgan fingerprint density at radius 2 is 1.12 bits per heavy atom. The Kier molecular flexibility index (Phi) is 5.40. The normalized spacial score (nSPS) is 11.5. The molecule has 0 aliphatic carbocycles. The summed E-state index contributed by atoms with van der Waals surface area (Å²) in [6.07, 6.45) is 1.81. The lowest BCUT2D eigenvalue weighted by molar-refractivity contribution is 0.0986. The monoisotopic (exact) mass is 416 g/mol. The number of H-pyrrole nitrogens is 1. The number of hydrogen-bond acceptors (Lipinski definition) is 2. The predicted octanol–water partition coefficient (Wildman–Crippen LogP) is 5.93. The van der Waals surface area contributed by atoms with E-state index in [9.17, 15) is 4.79 Å². The SMILES string of the molecule is O=C(CNC(c1ccccc1)(c1ccccc1)c1ccccc1)c1c[nH]c2ccccc12. The van der Waals surface area contributed by atoms with Crippen molar-refractivity contribution in [2.24, 2.45) is 0 Å². The third-order valence-corrected chi connectivity index (χ3v) is 6.02. The maximum atomic E-state index is 13.4. The van der Waals surface area contributed by atoms with Crippen molar-refractivity contribution < 1.29 is 4.79 Å². The van der Waals surface area contributed by atoms with E-state index in [1.807, 2.05) is 85.1 Å². The summed E-state index contributed by atoms with van der Waals surface area (Å²) >= 11 is 0. The molecule has 0 fully saturated rings. The zero-order valence-corrected chi connectivity index (χ0v) is 17.7. The molecule has 32 heavy (non-hydrogen) atoms. The molecule has 0 saturated carbocycles. The van der Waals surface area contributed by atoms with Crippen LogP contribution >= 0.6 is 0 Å². The summed E-state index contributed by atoms with van der Waals surface area (Å²) in [6.45, 7) is 0.195. The van der Waals surface area contributed by atoms with E-state index in [2.05, 4.69) is 46.7 Å². The highest BCUT2D eigenvalue weighted by molar-refractivity contribution is 6.08. The van der Waals surface area contributed by atoms with Gasteiger partial charge in [0.2, 0.25) is 0 Å². The number of nitrogens with one attached hydrogen (secondary N) is 2. The van der Waals surface area contributed by atoms with Gasteiger partial charge in [0.05, 0.1) is 12.1 Å². The summed E-state index contributed by atoms with van der Waals surface area (Å²) in [4.78, 5) is 16.6. The molecule has 0 radical (unpaired) electrons. The topological polar surface area (TPSA) is 44.9 Å². The van der Waals surface area contributed by atoms with E-state index < -0.39 is 5.54 Å². The smallest absolute Gasteiger partial charge is 0.178 e. The third kappa shape index (κ3) is 3.53. The molecule has 3 nitrogen and oxygen atoms in total. The molecule has 0 bridgehead atoms. The molecule has 1 aromatic heterocycles. The van der Waals surface area contributed by atoms with E-state index in [1.165, 1.54) is 0 Å². The largest absolute Gasteiger partial charge is 0.360 e. The number of benzene rings is 4. The van der Waals surface area contributed by atoms with Gasteiger partial charge in [-0.1, -0.05) is 109 Å². The van der Waals surface area contributed by atoms with E-state index in [-0.39, 0.29) is 12.3 Å². The molecule has 0 aliphatic heterocycles. The molecule has 0 saturated heterocycles. The Morgan fingerprint density at radius 1 is 0.656 bits per heavy atom. The van der Waals surface area contributed by atoms with Gasteiger partial charge < -0.3 is 4.98 Å². The van der Waals surface area contributed by atoms with Crippen LogP contribution in [-0.4, -0.2) is 17.3 Å². The second-order valence-electron chi connectivity index (χ2n) is 7.87. The van der Waals surface area contributed by atoms with Gasteiger partial charge in [-0.05, 0) is 22.8 Å². The molecule has 2 N–H and O–H groups in total. The lowest BCUT2D eigenvalue weighted by Crippen LogP contribution is -2.46. The fourth-order valence-electron chi connectivity index (χ4n) is 4.48. The third-order valence-electron chi connectivity index (χ3n) is 6.02. The van der Waals surface area contributed by atoms with Crippen LogP contribution in [0, 0.1) is 0 Å². The molecule has 156 valence electrons. The minimum Gasteiger partial charge on any atom is -0.360 e. The first-order valence-electron chi connectivity index (χ1n) is 10.8.